The van der Waals surface area contributed by atoms with E-state index in [2.05, 4.69) is 0 Å². The second kappa shape index (κ2) is 3.73. The molecule has 1 fully saturated rings. The number of hydrogen-bond acceptors (Lipinski definition) is 3. The van der Waals surface area contributed by atoms with Crippen molar-refractivity contribution in [3.8, 4) is 0 Å². The van der Waals surface area contributed by atoms with E-state index in [0.29, 0.717) is 18.7 Å². The highest BCUT2D eigenvalue weighted by Gasteiger charge is 2.26. The summed E-state index contributed by atoms with van der Waals surface area (Å²) in [7, 11) is 0. The minimum atomic E-state index is -0.411. The van der Waals surface area contributed by atoms with Crippen molar-refractivity contribution in [3.05, 3.63) is 24.3 Å². The van der Waals surface area contributed by atoms with Crippen molar-refractivity contribution in [2.24, 2.45) is 0 Å². The fraction of sp³-hybridized carbons (Fsp3) is 0.273. The fourth-order valence-corrected chi connectivity index (χ4v) is 1.66. The van der Waals surface area contributed by atoms with Crippen molar-refractivity contribution < 1.29 is 9.59 Å². The number of nitrogens with zero attached hydrogens (tertiary/aromatic N) is 1. The molecule has 2 N–H and O–H groups in total. The van der Waals surface area contributed by atoms with Crippen LogP contribution in [0.1, 0.15) is 12.8 Å². The molecule has 0 aromatic heterocycles. The molecule has 1 aliphatic heterocycles. The lowest BCUT2D eigenvalue weighted by atomic mass is 10.1. The van der Waals surface area contributed by atoms with E-state index in [0.717, 1.165) is 12.1 Å². The van der Waals surface area contributed by atoms with Gasteiger partial charge in [0.25, 0.3) is 5.91 Å². The molecule has 0 unspecified atom stereocenters. The van der Waals surface area contributed by atoms with E-state index in [-0.39, 0.29) is 5.78 Å². The van der Waals surface area contributed by atoms with E-state index in [9.17, 15) is 9.59 Å². The first kappa shape index (κ1) is 9.71. The predicted molar refractivity (Wildman–Crippen MR) is 57.4 cm³/mol. The van der Waals surface area contributed by atoms with E-state index in [1.54, 1.807) is 24.3 Å². The quantitative estimate of drug-likeness (QED) is 0.547. The zero-order valence-corrected chi connectivity index (χ0v) is 8.27. The van der Waals surface area contributed by atoms with Gasteiger partial charge in [-0.05, 0) is 30.7 Å². The van der Waals surface area contributed by atoms with Crippen molar-refractivity contribution in [2.45, 2.75) is 12.8 Å². The SMILES string of the molecule is Nc1ccc(N2CCCC(=O)C2=O)cc1. The molecule has 0 saturated carbocycles. The number of carbonyl (C=O) groups excluding carboxylic acids is 2. The number of nitrogens with two attached hydrogens (primary N) is 1. The average Bonchev–Trinajstić information content (AvgIpc) is 2.24. The maximum absolute atomic E-state index is 11.6. The Balaban J connectivity index is 2.26. The van der Waals surface area contributed by atoms with Crippen LogP contribution in [0.4, 0.5) is 11.4 Å². The second-order valence-electron chi connectivity index (χ2n) is 3.58. The van der Waals surface area contributed by atoms with E-state index in [1.807, 2.05) is 0 Å². The normalized spacial score (nSPS) is 16.9. The summed E-state index contributed by atoms with van der Waals surface area (Å²) in [6, 6.07) is 6.96. The molecule has 1 saturated heterocycles. The maximum atomic E-state index is 11.6. The number of rotatable bonds is 1. The van der Waals surface area contributed by atoms with Gasteiger partial charge in [-0.1, -0.05) is 0 Å². The fourth-order valence-electron chi connectivity index (χ4n) is 1.66. The highest BCUT2D eigenvalue weighted by molar-refractivity contribution is 6.41. The molecule has 1 aromatic rings. The number of benzene rings is 1. The summed E-state index contributed by atoms with van der Waals surface area (Å²) in [4.78, 5) is 24.3. The van der Waals surface area contributed by atoms with Gasteiger partial charge in [-0.15, -0.1) is 0 Å². The summed E-state index contributed by atoms with van der Waals surface area (Å²) < 4.78 is 0. The van der Waals surface area contributed by atoms with Crippen LogP contribution in [-0.4, -0.2) is 18.2 Å². The summed E-state index contributed by atoms with van der Waals surface area (Å²) in [5.74, 6) is -0.718. The Morgan fingerprint density at radius 1 is 1.13 bits per heavy atom. The van der Waals surface area contributed by atoms with Crippen LogP contribution >= 0.6 is 0 Å². The zero-order valence-electron chi connectivity index (χ0n) is 8.27. The third kappa shape index (κ3) is 1.83. The Hall–Kier alpha value is -1.84. The lowest BCUT2D eigenvalue weighted by Crippen LogP contribution is -2.41. The Labute approximate surface area is 87.7 Å². The first-order valence-electron chi connectivity index (χ1n) is 4.89. The number of Topliss-reactive ketones (excluding diaryl/α,β-unsaturated/α-hetero) is 1. The van der Waals surface area contributed by atoms with Gasteiger partial charge in [0.1, 0.15) is 0 Å². The lowest BCUT2D eigenvalue weighted by Gasteiger charge is -2.25. The molecular formula is C11H12N2O2. The monoisotopic (exact) mass is 204 g/mol. The summed E-state index contributed by atoms with van der Waals surface area (Å²) in [5.41, 5.74) is 6.93. The Bertz CT molecular complexity index is 398. The second-order valence-corrected chi connectivity index (χ2v) is 3.58. The smallest absolute Gasteiger partial charge is 0.294 e. The number of anilines is 2. The molecule has 78 valence electrons. The number of piperidine rings is 1. The number of nitrogen functional groups attached to an aromatic ring is 1. The Morgan fingerprint density at radius 2 is 1.80 bits per heavy atom. The van der Waals surface area contributed by atoms with E-state index < -0.39 is 5.91 Å². The van der Waals surface area contributed by atoms with Gasteiger partial charge in [0.15, 0.2) is 0 Å². The minimum absolute atomic E-state index is 0.307. The number of carbonyl (C=O) groups is 2. The van der Waals surface area contributed by atoms with E-state index in [1.165, 1.54) is 4.90 Å². The topological polar surface area (TPSA) is 63.4 Å². The van der Waals surface area contributed by atoms with Crippen molar-refractivity contribution in [1.29, 1.82) is 0 Å². The first-order chi connectivity index (χ1) is 7.18. The maximum Gasteiger partial charge on any atom is 0.294 e. The van der Waals surface area contributed by atoms with Crippen LogP contribution in [0.25, 0.3) is 0 Å². The van der Waals surface area contributed by atoms with Crippen LogP contribution in [0.3, 0.4) is 0 Å². The van der Waals surface area contributed by atoms with Gasteiger partial charge in [0.05, 0.1) is 0 Å². The third-order valence-corrected chi connectivity index (χ3v) is 2.47. The molecule has 0 atom stereocenters. The number of ketones is 1. The molecule has 4 heteroatoms. The summed E-state index contributed by atoms with van der Waals surface area (Å²) >= 11 is 0. The molecule has 0 radical (unpaired) electrons. The molecule has 15 heavy (non-hydrogen) atoms. The van der Waals surface area contributed by atoms with Crippen LogP contribution in [0.2, 0.25) is 0 Å². The van der Waals surface area contributed by atoms with Gasteiger partial charge in [-0.3, -0.25) is 9.59 Å². The van der Waals surface area contributed by atoms with Crippen molar-refractivity contribution >= 4 is 23.1 Å². The lowest BCUT2D eigenvalue weighted by molar-refractivity contribution is -0.137. The van der Waals surface area contributed by atoms with Crippen molar-refractivity contribution in [1.82, 2.24) is 0 Å². The summed E-state index contributed by atoms with van der Waals surface area (Å²) in [6.07, 6.45) is 1.10. The highest BCUT2D eigenvalue weighted by atomic mass is 16.2. The Kier molecular flexibility index (Phi) is 2.41. The number of hydrogen-bond donors (Lipinski definition) is 1. The van der Waals surface area contributed by atoms with Gasteiger partial charge in [0.2, 0.25) is 5.78 Å². The molecule has 1 aromatic carbocycles. The Morgan fingerprint density at radius 3 is 2.47 bits per heavy atom. The summed E-state index contributed by atoms with van der Waals surface area (Å²) in [6.45, 7) is 0.606. The molecule has 4 nitrogen and oxygen atoms in total. The molecule has 1 heterocycles. The predicted octanol–water partition coefficient (Wildman–Crippen LogP) is 0.965. The molecule has 1 amide bonds. The minimum Gasteiger partial charge on any atom is -0.399 e. The molecule has 1 aliphatic rings. The third-order valence-electron chi connectivity index (χ3n) is 2.47. The molecule has 0 spiro atoms. The van der Waals surface area contributed by atoms with Gasteiger partial charge in [0, 0.05) is 24.3 Å². The standard InChI is InChI=1S/C11H12N2O2/c12-8-3-5-9(6-4-8)13-7-1-2-10(14)11(13)15/h3-6H,1-2,7,12H2. The molecule has 2 rings (SSSR count). The zero-order chi connectivity index (χ0) is 10.8. The van der Waals surface area contributed by atoms with Crippen LogP contribution in [-0.2, 0) is 9.59 Å². The van der Waals surface area contributed by atoms with E-state index in [4.69, 9.17) is 5.73 Å². The van der Waals surface area contributed by atoms with Crippen LogP contribution in [0.15, 0.2) is 24.3 Å². The van der Waals surface area contributed by atoms with Gasteiger partial charge in [-0.25, -0.2) is 0 Å². The average molecular weight is 204 g/mol. The molecule has 0 bridgehead atoms. The van der Waals surface area contributed by atoms with Crippen molar-refractivity contribution in [2.75, 3.05) is 17.2 Å². The van der Waals surface area contributed by atoms with Crippen LogP contribution in [0.5, 0.6) is 0 Å². The number of amides is 1. The first-order valence-corrected chi connectivity index (χ1v) is 4.89. The molecule has 0 aliphatic carbocycles. The molecular weight excluding hydrogens is 192 g/mol. The highest BCUT2D eigenvalue weighted by Crippen LogP contribution is 2.20. The van der Waals surface area contributed by atoms with Crippen LogP contribution < -0.4 is 10.6 Å². The largest absolute Gasteiger partial charge is 0.399 e. The van der Waals surface area contributed by atoms with Gasteiger partial charge >= 0.3 is 0 Å². The van der Waals surface area contributed by atoms with Crippen molar-refractivity contribution in [3.63, 3.8) is 0 Å². The van der Waals surface area contributed by atoms with Crippen LogP contribution in [0, 0.1) is 0 Å². The van der Waals surface area contributed by atoms with E-state index >= 15 is 0 Å². The summed E-state index contributed by atoms with van der Waals surface area (Å²) in [5, 5.41) is 0. The van der Waals surface area contributed by atoms with Gasteiger partial charge in [-0.2, -0.15) is 0 Å². The van der Waals surface area contributed by atoms with Gasteiger partial charge < -0.3 is 10.6 Å².